The van der Waals surface area contributed by atoms with Crippen molar-refractivity contribution in [2.75, 3.05) is 0 Å². The summed E-state index contributed by atoms with van der Waals surface area (Å²) in [4.78, 5) is 21.3. The Morgan fingerprint density at radius 3 is 1.26 bits per heavy atom. The zero-order chi connectivity index (χ0) is 17.4. The Balaban J connectivity index is 3.12. The molecule has 0 unspecified atom stereocenters. The Labute approximate surface area is 146 Å². The third-order valence-corrected chi connectivity index (χ3v) is 6.30. The van der Waals surface area contributed by atoms with Crippen molar-refractivity contribution in [3.8, 4) is 0 Å². The number of carbonyl (C=O) groups is 1. The van der Waals surface area contributed by atoms with E-state index in [1.165, 1.54) is 83.5 Å². The smallest absolute Gasteiger partial charge is 0.255 e. The standard InChI is InChI=1S/C20H42O2Si/c1-4-5-6-7-8-9-10-11-12-13-14-15-16-17-18-19-20(21)23(2,3)22/h22H,4-19H2,1-3H3. The molecule has 0 radical (unpaired) electrons. The summed E-state index contributed by atoms with van der Waals surface area (Å²) in [5.74, 6) is 0. The van der Waals surface area contributed by atoms with E-state index in [9.17, 15) is 9.59 Å². The van der Waals surface area contributed by atoms with Crippen LogP contribution in [0, 0.1) is 0 Å². The van der Waals surface area contributed by atoms with Gasteiger partial charge in [0.05, 0.1) is 0 Å². The molecular formula is C20H42O2Si. The second-order valence-corrected chi connectivity index (χ2v) is 11.4. The monoisotopic (exact) mass is 342 g/mol. The van der Waals surface area contributed by atoms with Gasteiger partial charge in [0.25, 0.3) is 8.32 Å². The van der Waals surface area contributed by atoms with E-state index in [1.54, 1.807) is 13.1 Å². The predicted octanol–water partition coefficient (Wildman–Crippen LogP) is 6.55. The Kier molecular flexibility index (Phi) is 15.3. The van der Waals surface area contributed by atoms with Gasteiger partial charge in [0, 0.05) is 6.42 Å². The van der Waals surface area contributed by atoms with E-state index in [-0.39, 0.29) is 5.41 Å². The molecule has 0 fully saturated rings. The first-order valence-electron chi connectivity index (χ1n) is 10.2. The third-order valence-electron chi connectivity index (χ3n) is 4.69. The van der Waals surface area contributed by atoms with Crippen LogP contribution < -0.4 is 0 Å². The number of rotatable bonds is 17. The van der Waals surface area contributed by atoms with E-state index in [4.69, 9.17) is 0 Å². The normalized spacial score (nSPS) is 11.8. The minimum atomic E-state index is -2.51. The summed E-state index contributed by atoms with van der Waals surface area (Å²) in [6.07, 6.45) is 20.7. The minimum Gasteiger partial charge on any atom is -0.425 e. The predicted molar refractivity (Wildman–Crippen MR) is 104 cm³/mol. The van der Waals surface area contributed by atoms with Crippen LogP contribution in [0.25, 0.3) is 0 Å². The van der Waals surface area contributed by atoms with E-state index in [1.807, 2.05) is 0 Å². The lowest BCUT2D eigenvalue weighted by molar-refractivity contribution is -0.113. The lowest BCUT2D eigenvalue weighted by atomic mass is 10.0. The van der Waals surface area contributed by atoms with Crippen LogP contribution in [0.15, 0.2) is 0 Å². The van der Waals surface area contributed by atoms with E-state index >= 15 is 0 Å². The Bertz CT molecular complexity index is 271. The molecule has 0 aliphatic heterocycles. The van der Waals surface area contributed by atoms with Gasteiger partial charge in [0.15, 0.2) is 0 Å². The molecule has 0 bridgehead atoms. The van der Waals surface area contributed by atoms with Gasteiger partial charge in [-0.15, -0.1) is 0 Å². The first kappa shape index (κ1) is 22.8. The lowest BCUT2D eigenvalue weighted by Gasteiger charge is -2.11. The lowest BCUT2D eigenvalue weighted by Crippen LogP contribution is -2.37. The topological polar surface area (TPSA) is 37.3 Å². The largest absolute Gasteiger partial charge is 0.425 e. The second-order valence-electron chi connectivity index (χ2n) is 7.68. The maximum Gasteiger partial charge on any atom is 0.255 e. The Morgan fingerprint density at radius 2 is 0.957 bits per heavy atom. The molecular weight excluding hydrogens is 300 g/mol. The molecule has 138 valence electrons. The second kappa shape index (κ2) is 15.4. The summed E-state index contributed by atoms with van der Waals surface area (Å²) < 4.78 is 0. The van der Waals surface area contributed by atoms with Crippen LogP contribution in [0.4, 0.5) is 0 Å². The first-order chi connectivity index (χ1) is 11.0. The molecule has 23 heavy (non-hydrogen) atoms. The van der Waals surface area contributed by atoms with Crippen LogP contribution in [-0.2, 0) is 4.79 Å². The van der Waals surface area contributed by atoms with E-state index in [2.05, 4.69) is 6.92 Å². The van der Waals surface area contributed by atoms with E-state index < -0.39 is 8.32 Å². The number of hydrogen-bond donors (Lipinski definition) is 1. The summed E-state index contributed by atoms with van der Waals surface area (Å²) in [6.45, 7) is 5.72. The first-order valence-corrected chi connectivity index (χ1v) is 13.2. The third kappa shape index (κ3) is 16.5. The van der Waals surface area contributed by atoms with Crippen LogP contribution >= 0.6 is 0 Å². The molecule has 0 atom stereocenters. The Hall–Kier alpha value is -0.153. The van der Waals surface area contributed by atoms with E-state index in [0.717, 1.165) is 12.8 Å². The average molecular weight is 343 g/mol. The van der Waals surface area contributed by atoms with Crippen molar-refractivity contribution in [1.29, 1.82) is 0 Å². The minimum absolute atomic E-state index is 0.118. The van der Waals surface area contributed by atoms with E-state index in [0.29, 0.717) is 6.42 Å². The fourth-order valence-corrected chi connectivity index (χ4v) is 3.75. The highest BCUT2D eigenvalue weighted by Crippen LogP contribution is 2.14. The molecule has 0 aromatic rings. The molecule has 0 heterocycles. The van der Waals surface area contributed by atoms with Gasteiger partial charge in [-0.05, 0) is 19.5 Å². The molecule has 0 saturated heterocycles. The van der Waals surface area contributed by atoms with Gasteiger partial charge >= 0.3 is 0 Å². The number of hydrogen-bond acceptors (Lipinski definition) is 2. The zero-order valence-electron chi connectivity index (χ0n) is 16.2. The van der Waals surface area contributed by atoms with Crippen molar-refractivity contribution < 1.29 is 9.59 Å². The van der Waals surface area contributed by atoms with Crippen LogP contribution in [0.2, 0.25) is 13.1 Å². The van der Waals surface area contributed by atoms with Crippen molar-refractivity contribution in [3.05, 3.63) is 0 Å². The van der Waals surface area contributed by atoms with Crippen molar-refractivity contribution in [2.24, 2.45) is 0 Å². The van der Waals surface area contributed by atoms with Crippen LogP contribution in [0.3, 0.4) is 0 Å². The van der Waals surface area contributed by atoms with Gasteiger partial charge in [-0.2, -0.15) is 0 Å². The number of carbonyl (C=O) groups excluding carboxylic acids is 1. The zero-order valence-corrected chi connectivity index (χ0v) is 17.2. The molecule has 0 amide bonds. The van der Waals surface area contributed by atoms with Gasteiger partial charge < -0.3 is 9.59 Å². The molecule has 3 heteroatoms. The molecule has 2 nitrogen and oxygen atoms in total. The SMILES string of the molecule is CCCCCCCCCCCCCCCCCC(=O)[Si](C)(C)O. The quantitative estimate of drug-likeness (QED) is 0.240. The van der Waals surface area contributed by atoms with Gasteiger partial charge in [0.1, 0.15) is 5.41 Å². The summed E-state index contributed by atoms with van der Waals surface area (Å²) in [6, 6.07) is 0. The summed E-state index contributed by atoms with van der Waals surface area (Å²) in [5.41, 5.74) is 0. The van der Waals surface area contributed by atoms with Crippen LogP contribution in [-0.4, -0.2) is 18.5 Å². The van der Waals surface area contributed by atoms with Gasteiger partial charge in [-0.1, -0.05) is 96.8 Å². The average Bonchev–Trinajstić information content (AvgIpc) is 2.50. The highest BCUT2D eigenvalue weighted by molar-refractivity contribution is 6.98. The van der Waals surface area contributed by atoms with Crippen molar-refractivity contribution in [3.63, 3.8) is 0 Å². The van der Waals surface area contributed by atoms with Crippen LogP contribution in [0.5, 0.6) is 0 Å². The van der Waals surface area contributed by atoms with Crippen molar-refractivity contribution in [2.45, 2.75) is 123 Å². The molecule has 0 saturated carbocycles. The van der Waals surface area contributed by atoms with Gasteiger partial charge in [-0.3, -0.25) is 0 Å². The van der Waals surface area contributed by atoms with Crippen molar-refractivity contribution >= 4 is 13.7 Å². The molecule has 0 aliphatic rings. The summed E-state index contributed by atoms with van der Waals surface area (Å²) in [5, 5.41) is 0.118. The highest BCUT2D eigenvalue weighted by atomic mass is 28.4. The maximum atomic E-state index is 11.6. The molecule has 1 N–H and O–H groups in total. The Morgan fingerprint density at radius 1 is 0.652 bits per heavy atom. The van der Waals surface area contributed by atoms with Crippen molar-refractivity contribution in [1.82, 2.24) is 0 Å². The number of unbranched alkanes of at least 4 members (excludes halogenated alkanes) is 14. The molecule has 0 aromatic heterocycles. The highest BCUT2D eigenvalue weighted by Gasteiger charge is 2.26. The van der Waals surface area contributed by atoms with Gasteiger partial charge in [-0.25, -0.2) is 0 Å². The summed E-state index contributed by atoms with van der Waals surface area (Å²) >= 11 is 0. The van der Waals surface area contributed by atoms with Crippen LogP contribution in [0.1, 0.15) is 110 Å². The van der Waals surface area contributed by atoms with Gasteiger partial charge in [0.2, 0.25) is 0 Å². The maximum absolute atomic E-state index is 11.6. The molecule has 0 spiro atoms. The molecule has 0 rings (SSSR count). The fraction of sp³-hybridized carbons (Fsp3) is 0.950. The fourth-order valence-electron chi connectivity index (χ4n) is 2.96. The molecule has 0 aromatic carbocycles. The molecule has 0 aliphatic carbocycles. The summed E-state index contributed by atoms with van der Waals surface area (Å²) in [7, 11) is -2.51.